The summed E-state index contributed by atoms with van der Waals surface area (Å²) in [6.07, 6.45) is 1.16. The average molecular weight is 475 g/mol. The fourth-order valence-electron chi connectivity index (χ4n) is 5.30. The summed E-state index contributed by atoms with van der Waals surface area (Å²) in [5.41, 5.74) is 1.19. The Bertz CT molecular complexity index is 1150. The Kier molecular flexibility index (Phi) is 6.63. The van der Waals surface area contributed by atoms with Gasteiger partial charge in [-0.15, -0.1) is 0 Å². The van der Waals surface area contributed by atoms with Crippen LogP contribution < -0.4 is 4.74 Å². The highest BCUT2D eigenvalue weighted by molar-refractivity contribution is 6.05. The van der Waals surface area contributed by atoms with Gasteiger partial charge in [0.2, 0.25) is 0 Å². The predicted molar refractivity (Wildman–Crippen MR) is 135 cm³/mol. The molecule has 0 unspecified atom stereocenters. The van der Waals surface area contributed by atoms with Crippen molar-refractivity contribution in [1.82, 2.24) is 0 Å². The summed E-state index contributed by atoms with van der Waals surface area (Å²) in [5, 5.41) is 22.2. The number of hydrogen-bond donors (Lipinski definition) is 2. The van der Waals surface area contributed by atoms with Gasteiger partial charge in [-0.1, -0.05) is 76.2 Å². The first-order valence-corrected chi connectivity index (χ1v) is 12.1. The van der Waals surface area contributed by atoms with Crippen LogP contribution in [-0.4, -0.2) is 21.8 Å². The van der Waals surface area contributed by atoms with Crippen LogP contribution in [0.1, 0.15) is 70.4 Å². The van der Waals surface area contributed by atoms with Crippen LogP contribution in [0.5, 0.6) is 5.75 Å². The first kappa shape index (κ1) is 24.8. The van der Waals surface area contributed by atoms with Crippen LogP contribution in [-0.2, 0) is 16.2 Å². The van der Waals surface area contributed by atoms with Crippen LogP contribution in [0.3, 0.4) is 0 Å². The second-order valence-electron chi connectivity index (χ2n) is 11.3. The van der Waals surface area contributed by atoms with Crippen LogP contribution in [0.15, 0.2) is 77.3 Å². The Morgan fingerprint density at radius 1 is 0.743 bits per heavy atom. The van der Waals surface area contributed by atoms with Crippen LogP contribution in [0.25, 0.3) is 0 Å². The molecule has 0 heterocycles. The summed E-state index contributed by atoms with van der Waals surface area (Å²) in [6, 6.07) is 17.0. The lowest BCUT2D eigenvalue weighted by Crippen LogP contribution is -2.33. The van der Waals surface area contributed by atoms with Crippen LogP contribution in [0, 0.1) is 10.8 Å². The Hall–Kier alpha value is -3.34. The molecular formula is C30H34O5. The third-order valence-electron chi connectivity index (χ3n) is 6.84. The maximum Gasteiger partial charge on any atom is 0.163 e. The summed E-state index contributed by atoms with van der Waals surface area (Å²) in [5.74, 6) is -0.843. The van der Waals surface area contributed by atoms with Crippen molar-refractivity contribution in [3.8, 4) is 5.75 Å². The predicted octanol–water partition coefficient (Wildman–Crippen LogP) is 6.75. The Morgan fingerprint density at radius 3 is 1.74 bits per heavy atom. The highest BCUT2D eigenvalue weighted by atomic mass is 16.5. The van der Waals surface area contributed by atoms with Gasteiger partial charge in [-0.25, -0.2) is 0 Å². The van der Waals surface area contributed by atoms with Crippen molar-refractivity contribution in [2.45, 2.75) is 65.9 Å². The molecule has 4 rings (SSSR count). The van der Waals surface area contributed by atoms with Crippen molar-refractivity contribution in [2.24, 2.45) is 10.8 Å². The van der Waals surface area contributed by atoms with E-state index in [9.17, 15) is 19.8 Å². The zero-order valence-electron chi connectivity index (χ0n) is 20.9. The molecule has 35 heavy (non-hydrogen) atoms. The number of carbonyl (C=O) groups is 2. The van der Waals surface area contributed by atoms with Gasteiger partial charge < -0.3 is 14.9 Å². The number of allylic oxidation sites excluding steroid dienone is 4. The topological polar surface area (TPSA) is 83.8 Å². The van der Waals surface area contributed by atoms with Gasteiger partial charge in [-0.05, 0) is 22.5 Å². The van der Waals surface area contributed by atoms with E-state index in [0.717, 1.165) is 5.56 Å². The molecule has 0 aromatic heterocycles. The van der Waals surface area contributed by atoms with E-state index in [0.29, 0.717) is 30.8 Å². The molecule has 0 bridgehead atoms. The highest BCUT2D eigenvalue weighted by Gasteiger charge is 2.44. The second kappa shape index (κ2) is 9.37. The molecule has 5 nitrogen and oxygen atoms in total. The van der Waals surface area contributed by atoms with E-state index in [1.807, 2.05) is 76.2 Å². The van der Waals surface area contributed by atoms with Gasteiger partial charge in [0.1, 0.15) is 23.9 Å². The molecule has 2 aromatic rings. The average Bonchev–Trinajstić information content (AvgIpc) is 2.75. The van der Waals surface area contributed by atoms with E-state index in [4.69, 9.17) is 4.74 Å². The zero-order valence-corrected chi connectivity index (χ0v) is 20.9. The molecule has 5 heteroatoms. The standard InChI is InChI=1S/C30H34O5/c1-29(2)14-21(31)27(22(32)15-29)26(28-23(33)16-30(3,4)17-24(28)34)20-12-8-9-13-25(20)35-18-19-10-6-5-7-11-19/h5-13,26,31,33H,14-18H2,1-4H3. The van der Waals surface area contributed by atoms with Gasteiger partial charge in [0.15, 0.2) is 11.6 Å². The van der Waals surface area contributed by atoms with Crippen molar-refractivity contribution in [2.75, 3.05) is 0 Å². The minimum absolute atomic E-state index is 0.0213. The summed E-state index contributed by atoms with van der Waals surface area (Å²) >= 11 is 0. The lowest BCUT2D eigenvalue weighted by atomic mass is 9.67. The molecule has 0 saturated heterocycles. The first-order valence-electron chi connectivity index (χ1n) is 12.1. The number of benzene rings is 2. The molecule has 0 fully saturated rings. The number of aliphatic hydroxyl groups is 2. The fourth-order valence-corrected chi connectivity index (χ4v) is 5.30. The smallest absolute Gasteiger partial charge is 0.163 e. The fraction of sp³-hybridized carbons (Fsp3) is 0.400. The molecule has 0 radical (unpaired) electrons. The van der Waals surface area contributed by atoms with Crippen LogP contribution in [0.4, 0.5) is 0 Å². The maximum absolute atomic E-state index is 13.4. The summed E-state index contributed by atoms with van der Waals surface area (Å²) in [7, 11) is 0. The third-order valence-corrected chi connectivity index (χ3v) is 6.84. The summed E-state index contributed by atoms with van der Waals surface area (Å²) in [6.45, 7) is 8.07. The Labute approximate surface area is 207 Å². The van der Waals surface area contributed by atoms with Gasteiger partial charge in [-0.2, -0.15) is 0 Å². The SMILES string of the molecule is CC1(C)CC(=O)C(C(C2=C(O)CC(C)(C)CC2=O)c2ccccc2OCc2ccccc2)=C(O)C1. The normalized spacial score (nSPS) is 19.9. The van der Waals surface area contributed by atoms with E-state index >= 15 is 0 Å². The van der Waals surface area contributed by atoms with E-state index < -0.39 is 5.92 Å². The minimum atomic E-state index is -0.894. The van der Waals surface area contributed by atoms with Crippen LogP contribution in [0.2, 0.25) is 0 Å². The second-order valence-corrected chi connectivity index (χ2v) is 11.3. The number of carbonyl (C=O) groups excluding carboxylic acids is 2. The number of aliphatic hydroxyl groups excluding tert-OH is 2. The van der Waals surface area contributed by atoms with Crippen molar-refractivity contribution >= 4 is 11.6 Å². The lowest BCUT2D eigenvalue weighted by molar-refractivity contribution is -0.119. The molecule has 0 atom stereocenters. The monoisotopic (exact) mass is 474 g/mol. The molecule has 184 valence electrons. The molecule has 2 N–H and O–H groups in total. The van der Waals surface area contributed by atoms with E-state index in [1.54, 1.807) is 6.07 Å². The Morgan fingerprint density at radius 2 is 1.23 bits per heavy atom. The number of hydrogen-bond acceptors (Lipinski definition) is 5. The number of rotatable bonds is 6. The molecular weight excluding hydrogens is 440 g/mol. The number of ketones is 2. The summed E-state index contributed by atoms with van der Waals surface area (Å²) < 4.78 is 6.18. The largest absolute Gasteiger partial charge is 0.512 e. The van der Waals surface area contributed by atoms with E-state index in [1.165, 1.54) is 0 Å². The van der Waals surface area contributed by atoms with Gasteiger partial charge in [0, 0.05) is 42.4 Å². The molecule has 2 aliphatic carbocycles. The highest BCUT2D eigenvalue weighted by Crippen LogP contribution is 2.49. The maximum atomic E-state index is 13.4. The molecule has 2 aromatic carbocycles. The number of Topliss-reactive ketones (excluding diaryl/α,β-unsaturated/α-hetero) is 2. The van der Waals surface area contributed by atoms with E-state index in [-0.39, 0.29) is 57.9 Å². The number of ether oxygens (including phenoxy) is 1. The van der Waals surface area contributed by atoms with Gasteiger partial charge in [-0.3, -0.25) is 9.59 Å². The van der Waals surface area contributed by atoms with Gasteiger partial charge in [0.25, 0.3) is 0 Å². The molecule has 0 amide bonds. The van der Waals surface area contributed by atoms with E-state index in [2.05, 4.69) is 0 Å². The van der Waals surface area contributed by atoms with Gasteiger partial charge in [0.05, 0.1) is 5.92 Å². The summed E-state index contributed by atoms with van der Waals surface area (Å²) in [4.78, 5) is 26.9. The number of para-hydroxylation sites is 1. The quantitative estimate of drug-likeness (QED) is 0.484. The zero-order chi connectivity index (χ0) is 25.4. The first-order chi connectivity index (χ1) is 16.5. The lowest BCUT2D eigenvalue weighted by Gasteiger charge is -2.37. The van der Waals surface area contributed by atoms with Gasteiger partial charge >= 0.3 is 0 Å². The molecule has 2 aliphatic rings. The molecule has 0 saturated carbocycles. The van der Waals surface area contributed by atoms with Crippen molar-refractivity contribution in [3.63, 3.8) is 0 Å². The third kappa shape index (κ3) is 5.34. The van der Waals surface area contributed by atoms with Crippen LogP contribution >= 0.6 is 0 Å². The minimum Gasteiger partial charge on any atom is -0.512 e. The van der Waals surface area contributed by atoms with Crippen molar-refractivity contribution < 1.29 is 24.5 Å². The van der Waals surface area contributed by atoms with Crippen molar-refractivity contribution in [3.05, 3.63) is 88.4 Å². The molecule has 0 aliphatic heterocycles. The Balaban J connectivity index is 1.86. The molecule has 0 spiro atoms. The van der Waals surface area contributed by atoms with Crippen molar-refractivity contribution in [1.29, 1.82) is 0 Å².